The van der Waals surface area contributed by atoms with Crippen LogP contribution in [0.25, 0.3) is 141 Å². The van der Waals surface area contributed by atoms with Gasteiger partial charge in [-0.25, -0.2) is 0 Å². The molecule has 16 aromatic rings. The Bertz CT molecular complexity index is 4730. The van der Waals surface area contributed by atoms with Gasteiger partial charge in [0.05, 0.1) is 44.8 Å². The molecule has 0 aliphatic carbocycles. The Morgan fingerprint density at radius 1 is 0.219 bits per heavy atom. The summed E-state index contributed by atoms with van der Waals surface area (Å²) in [5.41, 5.74) is 13.6. The molecule has 4 aromatic heterocycles. The minimum absolute atomic E-state index is 1.09. The summed E-state index contributed by atoms with van der Waals surface area (Å²) in [6.45, 7) is 0. The van der Waals surface area contributed by atoms with Gasteiger partial charge in [-0.2, -0.15) is 0 Å². The van der Waals surface area contributed by atoms with Crippen molar-refractivity contribution < 1.29 is 0 Å². The quantitative estimate of drug-likeness (QED) is 0.168. The van der Waals surface area contributed by atoms with Gasteiger partial charge in [0.2, 0.25) is 0 Å². The number of aromatic nitrogens is 4. The van der Waals surface area contributed by atoms with Crippen molar-refractivity contribution in [2.75, 3.05) is 0 Å². The molecule has 0 aliphatic heterocycles. The molecule has 0 radical (unpaired) electrons. The lowest BCUT2D eigenvalue weighted by atomic mass is 10.1. The summed E-state index contributed by atoms with van der Waals surface area (Å²) >= 11 is 1.86. The van der Waals surface area contributed by atoms with Crippen molar-refractivity contribution in [1.29, 1.82) is 0 Å². The van der Waals surface area contributed by atoms with Gasteiger partial charge in [0.1, 0.15) is 0 Å². The minimum atomic E-state index is 1.09. The van der Waals surface area contributed by atoms with Crippen LogP contribution in [0.3, 0.4) is 0 Å². The van der Waals surface area contributed by atoms with Gasteiger partial charge < -0.3 is 18.3 Å². The zero-order chi connectivity index (χ0) is 47.7. The van der Waals surface area contributed by atoms with Crippen LogP contribution >= 0.6 is 11.3 Å². The van der Waals surface area contributed by atoms with Gasteiger partial charge in [0.25, 0.3) is 0 Å². The van der Waals surface area contributed by atoms with Gasteiger partial charge in [0.15, 0.2) is 0 Å². The first-order valence-corrected chi connectivity index (χ1v) is 25.8. The summed E-state index contributed by atoms with van der Waals surface area (Å²) in [5, 5.41) is 14.5. The predicted molar refractivity (Wildman–Crippen MR) is 312 cm³/mol. The molecule has 0 saturated heterocycles. The maximum absolute atomic E-state index is 2.50. The molecule has 0 saturated carbocycles. The normalized spacial score (nSPS) is 12.1. The summed E-state index contributed by atoms with van der Waals surface area (Å²) in [6.07, 6.45) is 0. The summed E-state index contributed by atoms with van der Waals surface area (Å²) in [4.78, 5) is 0. The Hall–Kier alpha value is -9.42. The highest BCUT2D eigenvalue weighted by Gasteiger charge is 2.21. The molecular weight excluding hydrogens is 905 g/mol. The summed E-state index contributed by atoms with van der Waals surface area (Å²) < 4.78 is 12.5. The van der Waals surface area contributed by atoms with E-state index >= 15 is 0 Å². The van der Waals surface area contributed by atoms with Gasteiger partial charge >= 0.3 is 0 Å². The fraction of sp³-hybridized carbons (Fsp3) is 0. The smallest absolute Gasteiger partial charge is 0.0782 e. The largest absolute Gasteiger partial charge is 0.308 e. The second kappa shape index (κ2) is 15.5. The SMILES string of the molecule is c1ccc2c(-n3c4ccccc4c4cccc(-n5c6cccc(c6)c6cccc(c6)n(-c6cccc7c8ccccc8n(-c8cccc9ccccc89)c67)c6ccc7sc8ccc5cc8c7c6)c43)cccc2c1. The third-order valence-electron chi connectivity index (χ3n) is 15.3. The van der Waals surface area contributed by atoms with E-state index in [0.29, 0.717) is 0 Å². The highest BCUT2D eigenvalue weighted by Crippen LogP contribution is 2.43. The third-order valence-corrected chi connectivity index (χ3v) is 16.5. The third kappa shape index (κ3) is 5.94. The molecule has 340 valence electrons. The molecule has 0 fully saturated rings. The molecule has 0 spiro atoms. The van der Waals surface area contributed by atoms with Crippen molar-refractivity contribution >= 4 is 130 Å². The Labute approximate surface area is 423 Å². The van der Waals surface area contributed by atoms with E-state index in [4.69, 9.17) is 0 Å². The van der Waals surface area contributed by atoms with Crippen molar-refractivity contribution in [2.24, 2.45) is 0 Å². The van der Waals surface area contributed by atoms with Gasteiger partial charge in [-0.1, -0.05) is 158 Å². The molecule has 8 bridgehead atoms. The lowest BCUT2D eigenvalue weighted by Crippen LogP contribution is -2.03. The van der Waals surface area contributed by atoms with Crippen molar-refractivity contribution in [2.45, 2.75) is 0 Å². The lowest BCUT2D eigenvalue weighted by molar-refractivity contribution is 1.13. The van der Waals surface area contributed by atoms with Crippen LogP contribution in [0.15, 0.2) is 255 Å². The second-order valence-electron chi connectivity index (χ2n) is 19.3. The molecule has 12 aromatic carbocycles. The van der Waals surface area contributed by atoms with Crippen molar-refractivity contribution in [3.63, 3.8) is 0 Å². The fourth-order valence-corrected chi connectivity index (χ4v) is 13.3. The van der Waals surface area contributed by atoms with Crippen LogP contribution < -0.4 is 0 Å². The van der Waals surface area contributed by atoms with Crippen LogP contribution in [0, 0.1) is 0 Å². The molecule has 0 amide bonds. The lowest BCUT2D eigenvalue weighted by Gasteiger charge is -2.18. The van der Waals surface area contributed by atoms with Crippen LogP contribution in [-0.4, -0.2) is 18.3 Å². The summed E-state index contributed by atoms with van der Waals surface area (Å²) in [6, 6.07) is 94.7. The van der Waals surface area contributed by atoms with Crippen molar-refractivity contribution in [1.82, 2.24) is 18.3 Å². The second-order valence-corrected chi connectivity index (χ2v) is 20.4. The molecule has 0 atom stereocenters. The van der Waals surface area contributed by atoms with E-state index in [1.54, 1.807) is 0 Å². The summed E-state index contributed by atoms with van der Waals surface area (Å²) in [5.74, 6) is 0. The predicted octanol–water partition coefficient (Wildman–Crippen LogP) is 18.7. The average molecular weight is 947 g/mol. The zero-order valence-electron chi connectivity index (χ0n) is 39.4. The highest BCUT2D eigenvalue weighted by atomic mass is 32.1. The maximum Gasteiger partial charge on any atom is 0.0782 e. The van der Waals surface area contributed by atoms with Gasteiger partial charge in [0, 0.05) is 74.6 Å². The molecule has 4 nitrogen and oxygen atoms in total. The molecule has 4 heterocycles. The molecule has 0 N–H and O–H groups in total. The Morgan fingerprint density at radius 2 is 0.575 bits per heavy atom. The van der Waals surface area contributed by atoms with Crippen LogP contribution in [-0.2, 0) is 0 Å². The molecule has 73 heavy (non-hydrogen) atoms. The molecule has 0 aliphatic rings. The van der Waals surface area contributed by atoms with Crippen molar-refractivity contribution in [3.05, 3.63) is 255 Å². The number of rotatable bonds is 4. The average Bonchev–Trinajstić information content (AvgIpc) is 4.11. The molecule has 0 unspecified atom stereocenters. The number of para-hydroxylation sites is 4. The van der Waals surface area contributed by atoms with Crippen LogP contribution in [0.4, 0.5) is 0 Å². The van der Waals surface area contributed by atoms with E-state index in [-0.39, 0.29) is 0 Å². The fourth-order valence-electron chi connectivity index (χ4n) is 12.2. The van der Waals surface area contributed by atoms with Crippen molar-refractivity contribution in [3.8, 4) is 22.7 Å². The first-order chi connectivity index (χ1) is 36.2. The molecular formula is C68H42N4S. The highest BCUT2D eigenvalue weighted by molar-refractivity contribution is 7.25. The Kier molecular flexibility index (Phi) is 8.58. The zero-order valence-corrected chi connectivity index (χ0v) is 40.3. The Morgan fingerprint density at radius 3 is 1.07 bits per heavy atom. The first-order valence-electron chi connectivity index (χ1n) is 25.0. The Balaban J connectivity index is 1.05. The number of nitrogens with zero attached hydrogens (tertiary/aromatic N) is 4. The maximum atomic E-state index is 2.50. The van der Waals surface area contributed by atoms with E-state index in [0.717, 1.165) is 66.6 Å². The van der Waals surface area contributed by atoms with E-state index in [2.05, 4.69) is 273 Å². The number of fused-ring (bicyclic) bond motifs is 15. The standard InChI is InChI=1S/C68H42N4S/c1-3-23-51-43(15-1)17-11-31-59(51)71-61-29-7-5-25-53(61)55-27-13-33-63(67(55)71)69-47-21-9-19-45(39-47)46-20-10-22-48(40-46)70(50-36-38-66-58(42-50)57-41-49(69)35-37-65(57)73-66)64-34-14-28-56-54-26-6-8-30-62(54)72(68(56)64)60-32-12-18-44-16-2-4-24-52(44)60/h1-42H. The number of benzene rings is 12. The number of hydrogen-bond donors (Lipinski definition) is 0. The van der Waals surface area contributed by atoms with Gasteiger partial charge in [-0.3, -0.25) is 0 Å². The van der Waals surface area contributed by atoms with E-state index in [1.165, 1.54) is 74.3 Å². The minimum Gasteiger partial charge on any atom is -0.308 e. The number of thiophene rings is 1. The monoisotopic (exact) mass is 946 g/mol. The van der Waals surface area contributed by atoms with Crippen LogP contribution in [0.2, 0.25) is 0 Å². The summed E-state index contributed by atoms with van der Waals surface area (Å²) in [7, 11) is 0. The van der Waals surface area contributed by atoms with Gasteiger partial charge in [-0.15, -0.1) is 11.3 Å². The van der Waals surface area contributed by atoms with E-state index in [1.807, 2.05) is 11.3 Å². The van der Waals surface area contributed by atoms with Gasteiger partial charge in [-0.05, 0) is 119 Å². The van der Waals surface area contributed by atoms with Crippen LogP contribution in [0.5, 0.6) is 0 Å². The van der Waals surface area contributed by atoms with Crippen LogP contribution in [0.1, 0.15) is 0 Å². The van der Waals surface area contributed by atoms with E-state index in [9.17, 15) is 0 Å². The molecule has 5 heteroatoms. The first kappa shape index (κ1) is 40.3. The number of hydrogen-bond acceptors (Lipinski definition) is 1. The topological polar surface area (TPSA) is 19.7 Å². The van der Waals surface area contributed by atoms with E-state index < -0.39 is 0 Å². The molecule has 16 rings (SSSR count).